The molecule has 1 aliphatic rings. The number of hydrogen-bond donors (Lipinski definition) is 1. The van der Waals surface area contributed by atoms with Gasteiger partial charge < -0.3 is 10.2 Å². The Morgan fingerprint density at radius 1 is 1.29 bits per heavy atom. The Labute approximate surface area is 133 Å². The lowest BCUT2D eigenvalue weighted by atomic mass is 10.1. The van der Waals surface area contributed by atoms with Gasteiger partial charge in [0.1, 0.15) is 0 Å². The zero-order chi connectivity index (χ0) is 14.7. The lowest BCUT2D eigenvalue weighted by Crippen LogP contribution is -2.23. The van der Waals surface area contributed by atoms with Crippen LogP contribution in [0.3, 0.4) is 0 Å². The number of halogens is 1. The largest absolute Gasteiger partial charge is 0.324 e. The van der Waals surface area contributed by atoms with Gasteiger partial charge >= 0.3 is 0 Å². The van der Waals surface area contributed by atoms with Crippen LogP contribution in [0.4, 0.5) is 11.6 Å². The number of anilines is 2. The Bertz CT molecular complexity index is 595. The van der Waals surface area contributed by atoms with Gasteiger partial charge in [0.15, 0.2) is 0 Å². The van der Waals surface area contributed by atoms with Crippen LogP contribution in [-0.4, -0.2) is 34.5 Å². The second-order valence-corrected chi connectivity index (χ2v) is 6.43. The summed E-state index contributed by atoms with van der Waals surface area (Å²) in [6.07, 6.45) is 7.27. The van der Waals surface area contributed by atoms with Gasteiger partial charge in [0, 0.05) is 30.7 Å². The fourth-order valence-corrected chi connectivity index (χ4v) is 2.52. The van der Waals surface area contributed by atoms with Crippen LogP contribution in [0.2, 0.25) is 0 Å². The van der Waals surface area contributed by atoms with E-state index in [1.54, 1.807) is 12.4 Å². The summed E-state index contributed by atoms with van der Waals surface area (Å²) in [5.74, 6) is 0.616. The molecule has 1 aliphatic carbocycles. The number of hydrogen-bond acceptors (Lipinski definition) is 4. The van der Waals surface area contributed by atoms with E-state index in [1.807, 2.05) is 6.07 Å². The van der Waals surface area contributed by atoms with Crippen molar-refractivity contribution in [3.05, 3.63) is 46.7 Å². The van der Waals surface area contributed by atoms with Crippen LogP contribution >= 0.6 is 15.9 Å². The molecule has 0 amide bonds. The molecular weight excluding hydrogens is 328 g/mol. The highest BCUT2D eigenvalue weighted by Gasteiger charge is 2.25. The highest BCUT2D eigenvalue weighted by Crippen LogP contribution is 2.25. The minimum absolute atomic E-state index is 0.616. The van der Waals surface area contributed by atoms with Crippen molar-refractivity contribution in [3.8, 4) is 0 Å². The van der Waals surface area contributed by atoms with Crippen LogP contribution in [0.15, 0.2) is 41.1 Å². The van der Waals surface area contributed by atoms with Crippen LogP contribution in [0.5, 0.6) is 0 Å². The summed E-state index contributed by atoms with van der Waals surface area (Å²) in [6.45, 7) is 1.11. The van der Waals surface area contributed by atoms with E-state index >= 15 is 0 Å². The maximum absolute atomic E-state index is 4.23. The maximum Gasteiger partial charge on any atom is 0.227 e. The third-order valence-electron chi connectivity index (χ3n) is 3.73. The molecule has 110 valence electrons. The van der Waals surface area contributed by atoms with Crippen LogP contribution in [0.1, 0.15) is 18.4 Å². The predicted octanol–water partition coefficient (Wildman–Crippen LogP) is 3.62. The number of nitrogens with zero attached hydrogens (tertiary/aromatic N) is 3. The molecule has 0 radical (unpaired) electrons. The molecule has 0 unspecified atom stereocenters. The van der Waals surface area contributed by atoms with Crippen molar-refractivity contribution in [1.82, 2.24) is 14.9 Å². The number of benzene rings is 1. The number of likely N-dealkylation sites (N-methyl/N-ethyl adjacent to an activating group) is 1. The average Bonchev–Trinajstić information content (AvgIpc) is 3.32. The predicted molar refractivity (Wildman–Crippen MR) is 88.8 cm³/mol. The Kier molecular flexibility index (Phi) is 4.51. The first kappa shape index (κ1) is 14.5. The van der Waals surface area contributed by atoms with Crippen molar-refractivity contribution in [3.63, 3.8) is 0 Å². The standard InChI is InChI=1S/C16H19BrN4/c1-21(15-5-6-15)8-7-12-3-2-4-14(9-12)20-16-18-10-13(17)11-19-16/h2-4,9-11,15H,5-8H2,1H3,(H,18,19,20). The van der Waals surface area contributed by atoms with Gasteiger partial charge in [0.05, 0.1) is 4.47 Å². The number of rotatable bonds is 6. The normalized spacial score (nSPS) is 14.4. The second kappa shape index (κ2) is 6.54. The van der Waals surface area contributed by atoms with E-state index in [1.165, 1.54) is 18.4 Å². The van der Waals surface area contributed by atoms with Crippen LogP contribution < -0.4 is 5.32 Å². The molecule has 0 saturated heterocycles. The SMILES string of the molecule is CN(CCc1cccc(Nc2ncc(Br)cn2)c1)C1CC1. The van der Waals surface area contributed by atoms with E-state index in [0.29, 0.717) is 5.95 Å². The van der Waals surface area contributed by atoms with Gasteiger partial charge in [-0.05, 0) is 59.9 Å². The van der Waals surface area contributed by atoms with E-state index in [0.717, 1.165) is 29.2 Å². The summed E-state index contributed by atoms with van der Waals surface area (Å²) in [5.41, 5.74) is 2.37. The smallest absolute Gasteiger partial charge is 0.227 e. The first-order chi connectivity index (χ1) is 10.2. The molecule has 4 nitrogen and oxygen atoms in total. The molecule has 3 rings (SSSR count). The number of nitrogens with one attached hydrogen (secondary N) is 1. The summed E-state index contributed by atoms with van der Waals surface area (Å²) in [7, 11) is 2.22. The molecule has 1 fully saturated rings. The first-order valence-electron chi connectivity index (χ1n) is 7.24. The number of aromatic nitrogens is 2. The summed E-state index contributed by atoms with van der Waals surface area (Å²) in [4.78, 5) is 10.9. The second-order valence-electron chi connectivity index (χ2n) is 5.51. The molecule has 5 heteroatoms. The molecule has 1 N–H and O–H groups in total. The topological polar surface area (TPSA) is 41.0 Å². The summed E-state index contributed by atoms with van der Waals surface area (Å²) in [5, 5.41) is 3.24. The molecule has 0 atom stereocenters. The van der Waals surface area contributed by atoms with Gasteiger partial charge in [-0.25, -0.2) is 9.97 Å². The van der Waals surface area contributed by atoms with Crippen LogP contribution in [-0.2, 0) is 6.42 Å². The van der Waals surface area contributed by atoms with Gasteiger partial charge in [-0.3, -0.25) is 0 Å². The molecule has 0 aliphatic heterocycles. The molecular formula is C16H19BrN4. The van der Waals surface area contributed by atoms with E-state index < -0.39 is 0 Å². The van der Waals surface area contributed by atoms with E-state index in [-0.39, 0.29) is 0 Å². The van der Waals surface area contributed by atoms with Crippen LogP contribution in [0, 0.1) is 0 Å². The van der Waals surface area contributed by atoms with E-state index in [4.69, 9.17) is 0 Å². The lowest BCUT2D eigenvalue weighted by molar-refractivity contribution is 0.328. The Balaban J connectivity index is 1.60. The molecule has 0 spiro atoms. The maximum atomic E-state index is 4.23. The third-order valence-corrected chi connectivity index (χ3v) is 4.14. The van der Waals surface area contributed by atoms with Gasteiger partial charge in [0.2, 0.25) is 5.95 Å². The quantitative estimate of drug-likeness (QED) is 0.867. The monoisotopic (exact) mass is 346 g/mol. The van der Waals surface area contributed by atoms with Crippen molar-refractivity contribution >= 4 is 27.6 Å². The first-order valence-corrected chi connectivity index (χ1v) is 8.04. The summed E-state index contributed by atoms with van der Waals surface area (Å²) >= 11 is 3.34. The van der Waals surface area contributed by atoms with Gasteiger partial charge in [-0.15, -0.1) is 0 Å². The summed E-state index contributed by atoms with van der Waals surface area (Å²) in [6, 6.07) is 9.29. The highest BCUT2D eigenvalue weighted by atomic mass is 79.9. The Hall–Kier alpha value is -1.46. The van der Waals surface area contributed by atoms with E-state index in [2.05, 4.69) is 61.4 Å². The summed E-state index contributed by atoms with van der Waals surface area (Å²) < 4.78 is 0.880. The van der Waals surface area contributed by atoms with Crippen molar-refractivity contribution in [2.24, 2.45) is 0 Å². The zero-order valence-electron chi connectivity index (χ0n) is 12.1. The van der Waals surface area contributed by atoms with Gasteiger partial charge in [-0.1, -0.05) is 12.1 Å². The zero-order valence-corrected chi connectivity index (χ0v) is 13.7. The molecule has 0 bridgehead atoms. The Morgan fingerprint density at radius 2 is 2.05 bits per heavy atom. The van der Waals surface area contributed by atoms with Crippen molar-refractivity contribution in [2.75, 3.05) is 18.9 Å². The van der Waals surface area contributed by atoms with E-state index in [9.17, 15) is 0 Å². The molecule has 2 aromatic rings. The third kappa shape index (κ3) is 4.25. The highest BCUT2D eigenvalue weighted by molar-refractivity contribution is 9.10. The minimum atomic E-state index is 0.616. The lowest BCUT2D eigenvalue weighted by Gasteiger charge is -2.15. The average molecular weight is 347 g/mol. The molecule has 1 heterocycles. The fourth-order valence-electron chi connectivity index (χ4n) is 2.31. The van der Waals surface area contributed by atoms with Crippen molar-refractivity contribution < 1.29 is 0 Å². The molecule has 21 heavy (non-hydrogen) atoms. The Morgan fingerprint density at radius 3 is 2.76 bits per heavy atom. The van der Waals surface area contributed by atoms with Crippen LogP contribution in [0.25, 0.3) is 0 Å². The molecule has 1 aromatic heterocycles. The van der Waals surface area contributed by atoms with Gasteiger partial charge in [-0.2, -0.15) is 0 Å². The van der Waals surface area contributed by atoms with Gasteiger partial charge in [0.25, 0.3) is 0 Å². The molecule has 1 aromatic carbocycles. The van der Waals surface area contributed by atoms with Crippen molar-refractivity contribution in [1.29, 1.82) is 0 Å². The molecule has 1 saturated carbocycles. The fraction of sp³-hybridized carbons (Fsp3) is 0.375. The minimum Gasteiger partial charge on any atom is -0.324 e. The van der Waals surface area contributed by atoms with Crippen molar-refractivity contribution in [2.45, 2.75) is 25.3 Å².